The van der Waals surface area contributed by atoms with E-state index in [-0.39, 0.29) is 0 Å². The Morgan fingerprint density at radius 1 is 1.13 bits per heavy atom. The molecule has 1 N–H and O–H groups in total. The molecule has 0 saturated carbocycles. The van der Waals surface area contributed by atoms with Crippen molar-refractivity contribution in [3.05, 3.63) is 64.8 Å². The number of hydrogen-bond acceptors (Lipinski definition) is 5. The Labute approximate surface area is 189 Å². The zero-order chi connectivity index (χ0) is 22.4. The van der Waals surface area contributed by atoms with Gasteiger partial charge in [-0.25, -0.2) is 4.68 Å². The molecule has 0 unspecified atom stereocenters. The molecule has 0 aliphatic carbocycles. The second-order valence-electron chi connectivity index (χ2n) is 7.59. The molecule has 2 aromatic carbocycles. The first-order valence-corrected chi connectivity index (χ1v) is 10.9. The zero-order valence-electron chi connectivity index (χ0n) is 18.5. The Kier molecular flexibility index (Phi) is 7.96. The summed E-state index contributed by atoms with van der Waals surface area (Å²) in [5.74, 6) is 1.87. The van der Waals surface area contributed by atoms with Crippen molar-refractivity contribution in [2.45, 2.75) is 39.8 Å². The predicted molar refractivity (Wildman–Crippen MR) is 124 cm³/mol. The van der Waals surface area contributed by atoms with Gasteiger partial charge in [-0.05, 0) is 63.2 Å². The Hall–Kier alpha value is -2.54. The number of ether oxygens (including phenoxy) is 2. The van der Waals surface area contributed by atoms with Gasteiger partial charge in [0.1, 0.15) is 0 Å². The van der Waals surface area contributed by atoms with Gasteiger partial charge in [-0.3, -0.25) is 4.90 Å². The molecule has 7 heteroatoms. The highest BCUT2D eigenvalue weighted by atomic mass is 35.5. The smallest absolute Gasteiger partial charge is 0.227 e. The molecule has 0 aliphatic rings. The Balaban J connectivity index is 2.07. The average Bonchev–Trinajstić information content (AvgIpc) is 3.04. The number of methoxy groups -OCH3 is 1. The Morgan fingerprint density at radius 3 is 2.42 bits per heavy atom. The summed E-state index contributed by atoms with van der Waals surface area (Å²) in [7, 11) is 1.62. The van der Waals surface area contributed by atoms with Crippen LogP contribution in [0.2, 0.25) is 5.02 Å². The quantitative estimate of drug-likeness (QED) is 0.465. The van der Waals surface area contributed by atoms with E-state index in [4.69, 9.17) is 26.2 Å². The van der Waals surface area contributed by atoms with Crippen LogP contribution in [0.3, 0.4) is 0 Å². The fourth-order valence-electron chi connectivity index (χ4n) is 3.54. The molecule has 0 radical (unpaired) electrons. The van der Waals surface area contributed by atoms with Crippen LogP contribution in [0.1, 0.15) is 31.5 Å². The molecule has 0 spiro atoms. The summed E-state index contributed by atoms with van der Waals surface area (Å²) in [4.78, 5) is 2.22. The molecule has 0 amide bonds. The topological polar surface area (TPSA) is 59.8 Å². The molecule has 3 aromatic rings. The molecular weight excluding hydrogens is 414 g/mol. The van der Waals surface area contributed by atoms with E-state index in [0.717, 1.165) is 29.9 Å². The number of benzene rings is 2. The van der Waals surface area contributed by atoms with Gasteiger partial charge in [0.2, 0.25) is 5.88 Å². The number of hydrogen-bond donors (Lipinski definition) is 1. The molecule has 0 aliphatic heterocycles. The van der Waals surface area contributed by atoms with Crippen LogP contribution in [-0.2, 0) is 6.54 Å². The van der Waals surface area contributed by atoms with Gasteiger partial charge in [0.25, 0.3) is 0 Å². The number of aryl methyl sites for hydroxylation is 1. The molecule has 166 valence electrons. The highest BCUT2D eigenvalue weighted by Crippen LogP contribution is 2.36. The number of nitrogens with zero attached hydrogens (tertiary/aromatic N) is 3. The molecule has 0 bridgehead atoms. The van der Waals surface area contributed by atoms with Crippen LogP contribution in [0.4, 0.5) is 0 Å². The second kappa shape index (κ2) is 10.7. The highest BCUT2D eigenvalue weighted by Gasteiger charge is 2.22. The average molecular weight is 444 g/mol. The number of para-hydroxylation sites is 2. The van der Waals surface area contributed by atoms with Crippen molar-refractivity contribution in [3.63, 3.8) is 0 Å². The fourth-order valence-corrected chi connectivity index (χ4v) is 3.66. The van der Waals surface area contributed by atoms with Crippen molar-refractivity contribution < 1.29 is 14.6 Å². The first kappa shape index (κ1) is 23.1. The molecule has 1 heterocycles. The van der Waals surface area contributed by atoms with Crippen LogP contribution in [0.25, 0.3) is 5.69 Å². The lowest BCUT2D eigenvalue weighted by atomic mass is 10.2. The van der Waals surface area contributed by atoms with Crippen molar-refractivity contribution in [1.29, 1.82) is 0 Å². The Morgan fingerprint density at radius 2 is 1.81 bits per heavy atom. The zero-order valence-corrected chi connectivity index (χ0v) is 19.3. The van der Waals surface area contributed by atoms with Crippen LogP contribution in [0, 0.1) is 6.92 Å². The van der Waals surface area contributed by atoms with Crippen LogP contribution >= 0.6 is 11.6 Å². The molecule has 1 atom stereocenters. The largest absolute Gasteiger partial charge is 0.493 e. The molecular formula is C24H30ClN3O3. The first-order chi connectivity index (χ1) is 14.9. The van der Waals surface area contributed by atoms with E-state index in [1.165, 1.54) is 0 Å². The molecule has 0 fully saturated rings. The summed E-state index contributed by atoms with van der Waals surface area (Å²) in [6, 6.07) is 15.0. The third kappa shape index (κ3) is 5.79. The van der Waals surface area contributed by atoms with Crippen molar-refractivity contribution in [1.82, 2.24) is 14.7 Å². The maximum atomic E-state index is 9.96. The van der Waals surface area contributed by atoms with E-state index >= 15 is 0 Å². The maximum Gasteiger partial charge on any atom is 0.227 e. The number of aromatic nitrogens is 2. The molecule has 3 rings (SSSR count). The van der Waals surface area contributed by atoms with E-state index in [0.29, 0.717) is 35.5 Å². The van der Waals surface area contributed by atoms with Gasteiger partial charge >= 0.3 is 0 Å². The summed E-state index contributed by atoms with van der Waals surface area (Å²) in [5, 5.41) is 15.4. The minimum absolute atomic E-state index is 0.420. The molecule has 0 saturated heterocycles. The summed E-state index contributed by atoms with van der Waals surface area (Å²) in [6.45, 7) is 7.97. The summed E-state index contributed by atoms with van der Waals surface area (Å²) < 4.78 is 13.7. The van der Waals surface area contributed by atoms with Gasteiger partial charge in [-0.15, -0.1) is 0 Å². The monoisotopic (exact) mass is 443 g/mol. The van der Waals surface area contributed by atoms with Crippen molar-refractivity contribution in [3.8, 4) is 23.1 Å². The van der Waals surface area contributed by atoms with Crippen molar-refractivity contribution in [2.24, 2.45) is 0 Å². The number of halogens is 1. The third-order valence-electron chi connectivity index (χ3n) is 4.93. The summed E-state index contributed by atoms with van der Waals surface area (Å²) in [6.07, 6.45) is 0.566. The lowest BCUT2D eigenvalue weighted by Gasteiger charge is -2.23. The Bertz CT molecular complexity index is 986. The maximum absolute atomic E-state index is 9.96. The minimum atomic E-state index is -0.420. The van der Waals surface area contributed by atoms with Gasteiger partial charge in [-0.2, -0.15) is 5.10 Å². The standard InChI is InChI=1S/C24H30ClN3O3/c1-5-14-27(15-17(2)29)16-21-18(3)26-28(20-12-10-19(25)11-13-20)24(21)31-23-9-7-6-8-22(23)30-4/h6-13,17,29H,5,14-16H2,1-4H3/t17-/m0/s1. The van der Waals surface area contributed by atoms with E-state index in [1.807, 2.05) is 55.5 Å². The number of aliphatic hydroxyl groups excluding tert-OH is 1. The SMILES string of the molecule is CCCN(Cc1c(C)nn(-c2ccc(Cl)cc2)c1Oc1ccccc1OC)C[C@H](C)O. The van der Waals surface area contributed by atoms with Gasteiger partial charge in [0, 0.05) is 18.1 Å². The number of aliphatic hydroxyl groups is 1. The van der Waals surface area contributed by atoms with Gasteiger partial charge in [0.05, 0.1) is 30.2 Å². The van der Waals surface area contributed by atoms with Crippen LogP contribution in [0.15, 0.2) is 48.5 Å². The lowest BCUT2D eigenvalue weighted by Crippen LogP contribution is -2.31. The van der Waals surface area contributed by atoms with Crippen LogP contribution in [-0.4, -0.2) is 46.1 Å². The van der Waals surface area contributed by atoms with E-state index in [2.05, 4.69) is 11.8 Å². The predicted octanol–water partition coefficient (Wildman–Crippen LogP) is 5.23. The molecule has 6 nitrogen and oxygen atoms in total. The summed E-state index contributed by atoms with van der Waals surface area (Å²) in [5.41, 5.74) is 2.68. The lowest BCUT2D eigenvalue weighted by molar-refractivity contribution is 0.122. The fraction of sp³-hybridized carbons (Fsp3) is 0.375. The van der Waals surface area contributed by atoms with Crippen LogP contribution < -0.4 is 9.47 Å². The first-order valence-electron chi connectivity index (χ1n) is 10.5. The van der Waals surface area contributed by atoms with Gasteiger partial charge in [-0.1, -0.05) is 30.7 Å². The van der Waals surface area contributed by atoms with Crippen molar-refractivity contribution >= 4 is 11.6 Å². The van der Waals surface area contributed by atoms with Crippen molar-refractivity contribution in [2.75, 3.05) is 20.2 Å². The molecule has 31 heavy (non-hydrogen) atoms. The van der Waals surface area contributed by atoms with Crippen LogP contribution in [0.5, 0.6) is 17.4 Å². The minimum Gasteiger partial charge on any atom is -0.493 e. The molecule has 1 aromatic heterocycles. The number of rotatable bonds is 10. The second-order valence-corrected chi connectivity index (χ2v) is 8.03. The van der Waals surface area contributed by atoms with E-state index < -0.39 is 6.10 Å². The van der Waals surface area contributed by atoms with E-state index in [9.17, 15) is 5.11 Å². The van der Waals surface area contributed by atoms with Gasteiger partial charge < -0.3 is 14.6 Å². The van der Waals surface area contributed by atoms with Gasteiger partial charge in [0.15, 0.2) is 11.5 Å². The normalized spacial score (nSPS) is 12.2. The summed E-state index contributed by atoms with van der Waals surface area (Å²) >= 11 is 6.09. The third-order valence-corrected chi connectivity index (χ3v) is 5.18. The highest BCUT2D eigenvalue weighted by molar-refractivity contribution is 6.30. The van der Waals surface area contributed by atoms with E-state index in [1.54, 1.807) is 18.7 Å².